The minimum atomic E-state index is -0.0440. The van der Waals surface area contributed by atoms with E-state index in [2.05, 4.69) is 26.0 Å². The number of allylic oxidation sites excluding steroid dienone is 1. The first kappa shape index (κ1) is 24.0. The molecule has 0 aliphatic carbocycles. The van der Waals surface area contributed by atoms with E-state index in [0.29, 0.717) is 13.2 Å². The lowest BCUT2D eigenvalue weighted by Crippen LogP contribution is -3.00. The van der Waals surface area contributed by atoms with E-state index in [-0.39, 0.29) is 18.4 Å². The fourth-order valence-corrected chi connectivity index (χ4v) is 3.80. The molecule has 0 radical (unpaired) electrons. The molecular weight excluding hydrogens is 381 g/mol. The van der Waals surface area contributed by atoms with Crippen LogP contribution in [0.3, 0.4) is 0 Å². The number of likely N-dealkylation sites (tertiary alicyclic amines) is 1. The van der Waals surface area contributed by atoms with Crippen LogP contribution in [0.4, 0.5) is 0 Å². The Morgan fingerprint density at radius 3 is 2.59 bits per heavy atom. The standard InChI is InChI=1S/C22H33ClNO2.ClH/c1-3-4-16-26-22(25)18-24(13-8-5-9-14-24)15-12-19(2)17-20-10-6-7-11-21(20)23;/h6-7,10-12H,3-5,8-9,13-18H2,1-2H3;1H/q+1;/p-1/b19-12+;. The molecule has 0 amide bonds. The van der Waals surface area contributed by atoms with E-state index < -0.39 is 0 Å². The van der Waals surface area contributed by atoms with Crippen LogP contribution in [0.5, 0.6) is 0 Å². The lowest BCUT2D eigenvalue weighted by molar-refractivity contribution is -0.920. The molecule has 152 valence electrons. The second kappa shape index (κ2) is 12.4. The normalized spacial score (nSPS) is 16.5. The zero-order valence-corrected chi connectivity index (χ0v) is 18.2. The number of esters is 1. The molecule has 0 atom stereocenters. The van der Waals surface area contributed by atoms with Crippen LogP contribution in [-0.4, -0.2) is 43.2 Å². The van der Waals surface area contributed by atoms with Gasteiger partial charge in [0.25, 0.3) is 0 Å². The molecule has 1 aromatic carbocycles. The van der Waals surface area contributed by atoms with Gasteiger partial charge < -0.3 is 21.6 Å². The molecule has 1 fully saturated rings. The first-order valence-electron chi connectivity index (χ1n) is 9.94. The molecule has 1 heterocycles. The molecular formula is C22H33Cl2NO2. The summed E-state index contributed by atoms with van der Waals surface area (Å²) in [6.45, 7) is 8.36. The van der Waals surface area contributed by atoms with Gasteiger partial charge in [-0.3, -0.25) is 0 Å². The van der Waals surface area contributed by atoms with Crippen molar-refractivity contribution in [3.05, 3.63) is 46.5 Å². The smallest absolute Gasteiger partial charge is 0.361 e. The van der Waals surface area contributed by atoms with Gasteiger partial charge in [-0.05, 0) is 56.7 Å². The van der Waals surface area contributed by atoms with E-state index in [0.717, 1.165) is 54.0 Å². The highest BCUT2D eigenvalue weighted by atomic mass is 35.5. The first-order valence-corrected chi connectivity index (χ1v) is 10.3. The van der Waals surface area contributed by atoms with Crippen molar-refractivity contribution in [1.82, 2.24) is 0 Å². The third kappa shape index (κ3) is 8.25. The van der Waals surface area contributed by atoms with Gasteiger partial charge in [-0.15, -0.1) is 0 Å². The molecule has 0 bridgehead atoms. The number of nitrogens with zero attached hydrogens (tertiary/aromatic N) is 1. The predicted octanol–water partition coefficient (Wildman–Crippen LogP) is 2.18. The molecule has 0 aromatic heterocycles. The van der Waals surface area contributed by atoms with Gasteiger partial charge in [0.05, 0.1) is 26.2 Å². The van der Waals surface area contributed by atoms with Crippen LogP contribution in [0.25, 0.3) is 0 Å². The summed E-state index contributed by atoms with van der Waals surface area (Å²) >= 11 is 6.28. The van der Waals surface area contributed by atoms with Crippen molar-refractivity contribution in [2.45, 2.75) is 52.4 Å². The van der Waals surface area contributed by atoms with E-state index in [1.807, 2.05) is 18.2 Å². The van der Waals surface area contributed by atoms with E-state index in [1.165, 1.54) is 24.8 Å². The minimum absolute atomic E-state index is 0. The number of ether oxygens (including phenoxy) is 1. The predicted molar refractivity (Wildman–Crippen MR) is 108 cm³/mol. The average molecular weight is 414 g/mol. The van der Waals surface area contributed by atoms with Gasteiger partial charge in [0.2, 0.25) is 0 Å². The van der Waals surface area contributed by atoms with Crippen LogP contribution < -0.4 is 12.4 Å². The quantitative estimate of drug-likeness (QED) is 0.268. The molecule has 1 aliphatic rings. The van der Waals surface area contributed by atoms with Crippen LogP contribution >= 0.6 is 11.6 Å². The van der Waals surface area contributed by atoms with Crippen LogP contribution in [0.15, 0.2) is 35.9 Å². The number of carbonyl (C=O) groups excluding carboxylic acids is 1. The topological polar surface area (TPSA) is 26.3 Å². The molecule has 3 nitrogen and oxygen atoms in total. The van der Waals surface area contributed by atoms with Crippen molar-refractivity contribution >= 4 is 17.6 Å². The number of quaternary nitrogens is 1. The van der Waals surface area contributed by atoms with E-state index in [1.54, 1.807) is 0 Å². The third-order valence-corrected chi connectivity index (χ3v) is 5.61. The van der Waals surface area contributed by atoms with Gasteiger partial charge in [0.15, 0.2) is 6.54 Å². The van der Waals surface area contributed by atoms with Crippen molar-refractivity contribution in [1.29, 1.82) is 0 Å². The van der Waals surface area contributed by atoms with Crippen molar-refractivity contribution in [2.75, 3.05) is 32.8 Å². The highest BCUT2D eigenvalue weighted by molar-refractivity contribution is 6.31. The molecule has 0 spiro atoms. The number of piperidine rings is 1. The Morgan fingerprint density at radius 2 is 1.93 bits per heavy atom. The van der Waals surface area contributed by atoms with Crippen LogP contribution in [0, 0.1) is 0 Å². The Balaban J connectivity index is 0.00000364. The van der Waals surface area contributed by atoms with Crippen molar-refractivity contribution in [3.63, 3.8) is 0 Å². The third-order valence-electron chi connectivity index (χ3n) is 5.24. The van der Waals surface area contributed by atoms with Crippen LogP contribution in [0.1, 0.15) is 51.5 Å². The Bertz CT molecular complexity index is 610. The van der Waals surface area contributed by atoms with E-state index >= 15 is 0 Å². The van der Waals surface area contributed by atoms with Crippen molar-refractivity contribution < 1.29 is 26.4 Å². The summed E-state index contributed by atoms with van der Waals surface area (Å²) in [6.07, 6.45) is 8.82. The van der Waals surface area contributed by atoms with Gasteiger partial charge in [-0.2, -0.15) is 0 Å². The highest BCUT2D eigenvalue weighted by Gasteiger charge is 2.32. The Labute approximate surface area is 175 Å². The summed E-state index contributed by atoms with van der Waals surface area (Å²) in [4.78, 5) is 12.3. The summed E-state index contributed by atoms with van der Waals surface area (Å²) in [5.41, 5.74) is 2.47. The largest absolute Gasteiger partial charge is 1.00 e. The van der Waals surface area contributed by atoms with Gasteiger partial charge in [-0.1, -0.05) is 48.7 Å². The molecule has 5 heteroatoms. The lowest BCUT2D eigenvalue weighted by atomic mass is 10.0. The Hall–Kier alpha value is -1.03. The number of unbranched alkanes of at least 4 members (excludes halogenated alkanes) is 1. The van der Waals surface area contributed by atoms with Crippen LogP contribution in [0.2, 0.25) is 5.02 Å². The zero-order chi connectivity index (χ0) is 18.8. The van der Waals surface area contributed by atoms with Gasteiger partial charge in [0, 0.05) is 5.02 Å². The molecule has 0 saturated carbocycles. The van der Waals surface area contributed by atoms with E-state index in [4.69, 9.17) is 16.3 Å². The first-order chi connectivity index (χ1) is 12.5. The maximum absolute atomic E-state index is 12.3. The number of benzene rings is 1. The lowest BCUT2D eigenvalue weighted by Gasteiger charge is -2.40. The molecule has 1 aliphatic heterocycles. The molecule has 0 N–H and O–H groups in total. The molecule has 2 rings (SSSR count). The Morgan fingerprint density at radius 1 is 1.22 bits per heavy atom. The summed E-state index contributed by atoms with van der Waals surface area (Å²) in [6, 6.07) is 8.01. The molecule has 0 unspecified atom stereocenters. The number of hydrogen-bond acceptors (Lipinski definition) is 2. The molecule has 1 saturated heterocycles. The number of halogens is 2. The average Bonchev–Trinajstić information content (AvgIpc) is 2.63. The Kier molecular flexibility index (Phi) is 11.1. The minimum Gasteiger partial charge on any atom is -1.00 e. The zero-order valence-electron chi connectivity index (χ0n) is 16.7. The number of carbonyl (C=O) groups is 1. The summed E-state index contributed by atoms with van der Waals surface area (Å²) in [5.74, 6) is -0.0440. The maximum atomic E-state index is 12.3. The monoisotopic (exact) mass is 413 g/mol. The van der Waals surface area contributed by atoms with Crippen molar-refractivity contribution in [2.24, 2.45) is 0 Å². The van der Waals surface area contributed by atoms with Gasteiger partial charge in [-0.25, -0.2) is 4.79 Å². The fourth-order valence-electron chi connectivity index (χ4n) is 3.60. The molecule has 1 aromatic rings. The SMILES string of the molecule is CCCCOC(=O)C[N+]1(C/C=C(\C)Cc2ccccc2Cl)CCCCC1.[Cl-]. The maximum Gasteiger partial charge on any atom is 0.361 e. The van der Waals surface area contributed by atoms with Crippen LogP contribution in [-0.2, 0) is 16.0 Å². The van der Waals surface area contributed by atoms with Gasteiger partial charge in [0.1, 0.15) is 0 Å². The second-order valence-electron chi connectivity index (χ2n) is 7.58. The number of rotatable bonds is 9. The number of hydrogen-bond donors (Lipinski definition) is 0. The summed E-state index contributed by atoms with van der Waals surface area (Å²) < 4.78 is 6.27. The van der Waals surface area contributed by atoms with Gasteiger partial charge >= 0.3 is 5.97 Å². The summed E-state index contributed by atoms with van der Waals surface area (Å²) in [5, 5.41) is 0.821. The fraction of sp³-hybridized carbons (Fsp3) is 0.591. The highest BCUT2D eigenvalue weighted by Crippen LogP contribution is 2.22. The summed E-state index contributed by atoms with van der Waals surface area (Å²) in [7, 11) is 0. The second-order valence-corrected chi connectivity index (χ2v) is 7.99. The van der Waals surface area contributed by atoms with Crippen molar-refractivity contribution in [3.8, 4) is 0 Å². The van der Waals surface area contributed by atoms with E-state index in [9.17, 15) is 4.79 Å². The molecule has 27 heavy (non-hydrogen) atoms.